The first-order valence-electron chi connectivity index (χ1n) is 6.38. The largest absolute Gasteiger partial charge is 0.380 e. The molecule has 0 atom stereocenters. The Hall–Kier alpha value is -2.38. The third-order valence-electron chi connectivity index (χ3n) is 3.03. The zero-order chi connectivity index (χ0) is 14.5. The predicted octanol–water partition coefficient (Wildman–Crippen LogP) is 3.46. The molecule has 0 aliphatic rings. The highest BCUT2D eigenvalue weighted by molar-refractivity contribution is 5.69. The maximum absolute atomic E-state index is 9.29. The minimum atomic E-state index is 0.522. The number of pyridine rings is 1. The molecule has 4 heteroatoms. The number of rotatable bonds is 4. The van der Waals surface area contributed by atoms with Crippen LogP contribution in [-0.4, -0.2) is 12.1 Å². The van der Waals surface area contributed by atoms with Crippen LogP contribution < -0.4 is 5.32 Å². The van der Waals surface area contributed by atoms with Crippen molar-refractivity contribution in [3.05, 3.63) is 52.8 Å². The van der Waals surface area contributed by atoms with E-state index in [4.69, 9.17) is 4.74 Å². The van der Waals surface area contributed by atoms with Crippen LogP contribution in [0.5, 0.6) is 0 Å². The van der Waals surface area contributed by atoms with Crippen molar-refractivity contribution < 1.29 is 4.74 Å². The van der Waals surface area contributed by atoms with Crippen molar-refractivity contribution in [1.29, 1.82) is 5.26 Å². The first-order chi connectivity index (χ1) is 9.65. The molecule has 1 aromatic heterocycles. The van der Waals surface area contributed by atoms with Crippen molar-refractivity contribution in [2.24, 2.45) is 0 Å². The van der Waals surface area contributed by atoms with Crippen LogP contribution in [0.2, 0.25) is 0 Å². The SMILES string of the molecule is COCc1ccccc1Nc1cc(C)nc(C)c1C#N. The number of ether oxygens (including phenoxy) is 1. The van der Waals surface area contributed by atoms with E-state index in [2.05, 4.69) is 16.4 Å². The number of anilines is 2. The van der Waals surface area contributed by atoms with E-state index >= 15 is 0 Å². The smallest absolute Gasteiger partial charge is 0.103 e. The number of nitrogens with one attached hydrogen (secondary N) is 1. The lowest BCUT2D eigenvalue weighted by Gasteiger charge is -2.14. The monoisotopic (exact) mass is 267 g/mol. The van der Waals surface area contributed by atoms with Gasteiger partial charge in [0.15, 0.2) is 0 Å². The molecule has 1 heterocycles. The zero-order valence-corrected chi connectivity index (χ0v) is 11.9. The summed E-state index contributed by atoms with van der Waals surface area (Å²) < 4.78 is 5.19. The Morgan fingerprint density at radius 1 is 1.25 bits per heavy atom. The van der Waals surface area contributed by atoms with Crippen LogP contribution in [0.25, 0.3) is 0 Å². The van der Waals surface area contributed by atoms with Gasteiger partial charge in [0.2, 0.25) is 0 Å². The van der Waals surface area contributed by atoms with E-state index in [-0.39, 0.29) is 0 Å². The Morgan fingerprint density at radius 2 is 2.00 bits per heavy atom. The molecule has 0 spiro atoms. The Labute approximate surface area is 119 Å². The molecule has 1 aromatic carbocycles. The molecule has 0 fully saturated rings. The van der Waals surface area contributed by atoms with Gasteiger partial charge in [-0.25, -0.2) is 0 Å². The minimum absolute atomic E-state index is 0.522. The molecule has 4 nitrogen and oxygen atoms in total. The summed E-state index contributed by atoms with van der Waals surface area (Å²) in [5.41, 5.74) is 4.96. The van der Waals surface area contributed by atoms with Crippen molar-refractivity contribution in [2.45, 2.75) is 20.5 Å². The van der Waals surface area contributed by atoms with Gasteiger partial charge in [-0.05, 0) is 26.0 Å². The first-order valence-corrected chi connectivity index (χ1v) is 6.38. The number of nitriles is 1. The highest BCUT2D eigenvalue weighted by Crippen LogP contribution is 2.25. The number of aromatic nitrogens is 1. The molecule has 102 valence electrons. The third-order valence-corrected chi connectivity index (χ3v) is 3.03. The molecule has 0 aliphatic heterocycles. The van der Waals surface area contributed by atoms with Gasteiger partial charge in [-0.15, -0.1) is 0 Å². The van der Waals surface area contributed by atoms with Gasteiger partial charge < -0.3 is 10.1 Å². The highest BCUT2D eigenvalue weighted by atomic mass is 16.5. The standard InChI is InChI=1S/C16H17N3O/c1-11-8-16(14(9-17)12(2)18-11)19-15-7-5-4-6-13(15)10-20-3/h4-8H,10H2,1-3H3,(H,18,19). The topological polar surface area (TPSA) is 57.9 Å². The Balaban J connectivity index is 2.43. The van der Waals surface area contributed by atoms with E-state index in [1.807, 2.05) is 44.2 Å². The highest BCUT2D eigenvalue weighted by Gasteiger charge is 2.10. The van der Waals surface area contributed by atoms with Gasteiger partial charge in [0.05, 0.1) is 23.6 Å². The van der Waals surface area contributed by atoms with Gasteiger partial charge in [-0.2, -0.15) is 5.26 Å². The fourth-order valence-electron chi connectivity index (χ4n) is 2.14. The molecule has 0 saturated heterocycles. The van der Waals surface area contributed by atoms with Crippen LogP contribution in [0, 0.1) is 25.2 Å². The second-order valence-corrected chi connectivity index (χ2v) is 4.60. The van der Waals surface area contributed by atoms with Gasteiger partial charge in [0.1, 0.15) is 6.07 Å². The summed E-state index contributed by atoms with van der Waals surface area (Å²) in [6.07, 6.45) is 0. The van der Waals surface area contributed by atoms with Crippen LogP contribution in [0.15, 0.2) is 30.3 Å². The van der Waals surface area contributed by atoms with Crippen LogP contribution >= 0.6 is 0 Å². The van der Waals surface area contributed by atoms with Crippen molar-refractivity contribution in [3.63, 3.8) is 0 Å². The van der Waals surface area contributed by atoms with Crippen LogP contribution in [0.3, 0.4) is 0 Å². The van der Waals surface area contributed by atoms with Crippen molar-refractivity contribution in [1.82, 2.24) is 4.98 Å². The number of hydrogen-bond acceptors (Lipinski definition) is 4. The van der Waals surface area contributed by atoms with E-state index in [9.17, 15) is 5.26 Å². The number of methoxy groups -OCH3 is 1. The quantitative estimate of drug-likeness (QED) is 0.921. The molecule has 0 aliphatic carbocycles. The van der Waals surface area contributed by atoms with Gasteiger partial charge >= 0.3 is 0 Å². The lowest BCUT2D eigenvalue weighted by atomic mass is 10.1. The molecule has 0 amide bonds. The van der Waals surface area contributed by atoms with E-state index in [1.54, 1.807) is 7.11 Å². The summed E-state index contributed by atoms with van der Waals surface area (Å²) in [6, 6.07) is 12.0. The Morgan fingerprint density at radius 3 is 2.70 bits per heavy atom. The average Bonchev–Trinajstić information content (AvgIpc) is 2.41. The van der Waals surface area contributed by atoms with Crippen LogP contribution in [0.1, 0.15) is 22.5 Å². The number of hydrogen-bond donors (Lipinski definition) is 1. The fourth-order valence-corrected chi connectivity index (χ4v) is 2.14. The molecular formula is C16H17N3O. The van der Waals surface area contributed by atoms with Crippen molar-refractivity contribution >= 4 is 11.4 Å². The summed E-state index contributed by atoms with van der Waals surface area (Å²) in [5.74, 6) is 0. The summed E-state index contributed by atoms with van der Waals surface area (Å²) in [6.45, 7) is 4.28. The zero-order valence-electron chi connectivity index (χ0n) is 11.9. The van der Waals surface area contributed by atoms with Crippen molar-refractivity contribution in [2.75, 3.05) is 12.4 Å². The molecule has 20 heavy (non-hydrogen) atoms. The number of para-hydroxylation sites is 1. The lowest BCUT2D eigenvalue weighted by molar-refractivity contribution is 0.185. The Bertz CT molecular complexity index is 659. The maximum atomic E-state index is 9.29. The van der Waals surface area contributed by atoms with Gasteiger partial charge in [0.25, 0.3) is 0 Å². The molecule has 0 bridgehead atoms. The first kappa shape index (κ1) is 14.0. The predicted molar refractivity (Wildman–Crippen MR) is 78.9 cm³/mol. The molecule has 2 rings (SSSR count). The van der Waals surface area contributed by atoms with Crippen molar-refractivity contribution in [3.8, 4) is 6.07 Å². The van der Waals surface area contributed by atoms with E-state index in [0.29, 0.717) is 12.2 Å². The Kier molecular flexibility index (Phi) is 4.34. The van der Waals surface area contributed by atoms with Crippen LogP contribution in [0.4, 0.5) is 11.4 Å². The van der Waals surface area contributed by atoms with E-state index < -0.39 is 0 Å². The van der Waals surface area contributed by atoms with Gasteiger partial charge in [-0.3, -0.25) is 4.98 Å². The number of benzene rings is 1. The molecule has 2 aromatic rings. The number of nitrogens with zero attached hydrogens (tertiary/aromatic N) is 2. The number of aryl methyl sites for hydroxylation is 2. The second-order valence-electron chi connectivity index (χ2n) is 4.60. The summed E-state index contributed by atoms with van der Waals surface area (Å²) in [5, 5.41) is 12.6. The average molecular weight is 267 g/mol. The van der Waals surface area contributed by atoms with Gasteiger partial charge in [0, 0.05) is 24.1 Å². The van der Waals surface area contributed by atoms with E-state index in [1.165, 1.54) is 0 Å². The minimum Gasteiger partial charge on any atom is -0.380 e. The molecule has 0 saturated carbocycles. The van der Waals surface area contributed by atoms with Crippen LogP contribution in [-0.2, 0) is 11.3 Å². The van der Waals surface area contributed by atoms with Gasteiger partial charge in [-0.1, -0.05) is 18.2 Å². The maximum Gasteiger partial charge on any atom is 0.103 e. The molecule has 0 unspecified atom stereocenters. The normalized spacial score (nSPS) is 10.1. The molecule has 1 N–H and O–H groups in total. The summed E-state index contributed by atoms with van der Waals surface area (Å²) >= 11 is 0. The summed E-state index contributed by atoms with van der Waals surface area (Å²) in [4.78, 5) is 4.32. The third kappa shape index (κ3) is 2.95. The van der Waals surface area contributed by atoms with E-state index in [0.717, 1.165) is 28.3 Å². The fraction of sp³-hybridized carbons (Fsp3) is 0.250. The lowest BCUT2D eigenvalue weighted by Crippen LogP contribution is -2.02. The molecule has 0 radical (unpaired) electrons. The second kappa shape index (κ2) is 6.18. The molecular weight excluding hydrogens is 250 g/mol. The summed E-state index contributed by atoms with van der Waals surface area (Å²) in [7, 11) is 1.66.